The van der Waals surface area contributed by atoms with Crippen molar-refractivity contribution in [3.63, 3.8) is 0 Å². The third-order valence-corrected chi connectivity index (χ3v) is 1.88. The first-order chi connectivity index (χ1) is 6.61. The average molecular weight is 190 g/mol. The topological polar surface area (TPSA) is 76.1 Å². The fourth-order valence-corrected chi connectivity index (χ4v) is 1.22. The summed E-state index contributed by atoms with van der Waals surface area (Å²) in [5.41, 5.74) is 6.47. The number of ether oxygens (including phenoxy) is 1. The van der Waals surface area contributed by atoms with Gasteiger partial charge in [-0.3, -0.25) is 4.79 Å². The number of rotatable bonds is 2. The van der Waals surface area contributed by atoms with Crippen LogP contribution in [0.1, 0.15) is 22.8 Å². The van der Waals surface area contributed by atoms with Crippen LogP contribution in [0.2, 0.25) is 0 Å². The van der Waals surface area contributed by atoms with Gasteiger partial charge < -0.3 is 10.5 Å². The molecule has 1 rings (SSSR count). The van der Waals surface area contributed by atoms with Gasteiger partial charge in [0.05, 0.1) is 12.8 Å². The van der Waals surface area contributed by atoms with Crippen molar-refractivity contribution in [2.45, 2.75) is 6.92 Å². The third kappa shape index (κ3) is 1.52. The predicted molar refractivity (Wildman–Crippen MR) is 52.1 cm³/mol. The first-order valence-corrected chi connectivity index (χ1v) is 3.99. The molecule has 4 nitrogen and oxygen atoms in total. The monoisotopic (exact) mass is 190 g/mol. The van der Waals surface area contributed by atoms with Gasteiger partial charge in [0.2, 0.25) is 0 Å². The lowest BCUT2D eigenvalue weighted by molar-refractivity contribution is 0.101. The quantitative estimate of drug-likeness (QED) is 0.564. The second-order valence-corrected chi connectivity index (χ2v) is 2.78. The number of ketones is 1. The molecule has 0 spiro atoms. The van der Waals surface area contributed by atoms with Crippen molar-refractivity contribution < 1.29 is 9.53 Å². The molecule has 72 valence electrons. The molecule has 2 N–H and O–H groups in total. The molecular weight excluding hydrogens is 180 g/mol. The lowest BCUT2D eigenvalue weighted by atomic mass is 10.0. The second-order valence-electron chi connectivity index (χ2n) is 2.78. The van der Waals surface area contributed by atoms with E-state index in [1.54, 1.807) is 6.07 Å². The smallest absolute Gasteiger partial charge is 0.161 e. The number of nitrogens with zero attached hydrogens (tertiary/aromatic N) is 1. The van der Waals surface area contributed by atoms with Crippen LogP contribution in [0.4, 0.5) is 5.69 Å². The van der Waals surface area contributed by atoms with Gasteiger partial charge in [0.25, 0.3) is 0 Å². The minimum absolute atomic E-state index is 0.181. The standard InChI is InChI=1S/C10H10N2O2/c1-6(13)7-3-4-9(12)10(14-2)8(7)5-11/h3-4H,12H2,1-2H3. The zero-order valence-corrected chi connectivity index (χ0v) is 8.00. The zero-order chi connectivity index (χ0) is 10.7. The Labute approximate surface area is 81.9 Å². The molecule has 0 fully saturated rings. The molecule has 0 aromatic heterocycles. The van der Waals surface area contributed by atoms with Gasteiger partial charge in [-0.05, 0) is 19.1 Å². The number of nitrogen functional groups attached to an aromatic ring is 1. The van der Waals surface area contributed by atoms with E-state index >= 15 is 0 Å². The molecule has 0 aliphatic carbocycles. The van der Waals surface area contributed by atoms with Crippen molar-refractivity contribution in [2.24, 2.45) is 0 Å². The van der Waals surface area contributed by atoms with E-state index < -0.39 is 0 Å². The Balaban J connectivity index is 3.50. The molecule has 0 aliphatic heterocycles. The van der Waals surface area contributed by atoms with Gasteiger partial charge >= 0.3 is 0 Å². The lowest BCUT2D eigenvalue weighted by Gasteiger charge is -2.08. The van der Waals surface area contributed by atoms with Crippen LogP contribution in [0.15, 0.2) is 12.1 Å². The number of hydrogen-bond acceptors (Lipinski definition) is 4. The third-order valence-electron chi connectivity index (χ3n) is 1.88. The molecule has 0 amide bonds. The van der Waals surface area contributed by atoms with Crippen LogP contribution in [0, 0.1) is 11.3 Å². The molecule has 0 atom stereocenters. The van der Waals surface area contributed by atoms with E-state index in [4.69, 9.17) is 15.7 Å². The number of nitriles is 1. The molecule has 0 radical (unpaired) electrons. The van der Waals surface area contributed by atoms with Gasteiger partial charge in [-0.1, -0.05) is 0 Å². The van der Waals surface area contributed by atoms with Crippen molar-refractivity contribution in [1.82, 2.24) is 0 Å². The number of benzene rings is 1. The van der Waals surface area contributed by atoms with Crippen molar-refractivity contribution in [2.75, 3.05) is 12.8 Å². The van der Waals surface area contributed by atoms with Gasteiger partial charge in [0, 0.05) is 5.56 Å². The molecule has 0 aliphatic rings. The van der Waals surface area contributed by atoms with Crippen LogP contribution in [0.5, 0.6) is 5.75 Å². The van der Waals surface area contributed by atoms with Crippen molar-refractivity contribution >= 4 is 11.5 Å². The zero-order valence-electron chi connectivity index (χ0n) is 8.00. The van der Waals surface area contributed by atoms with Gasteiger partial charge in [-0.2, -0.15) is 5.26 Å². The number of carbonyl (C=O) groups is 1. The highest BCUT2D eigenvalue weighted by Gasteiger charge is 2.14. The van der Waals surface area contributed by atoms with Gasteiger partial charge in [0.1, 0.15) is 11.6 Å². The van der Waals surface area contributed by atoms with Crippen LogP contribution >= 0.6 is 0 Å². The van der Waals surface area contributed by atoms with E-state index in [0.29, 0.717) is 11.3 Å². The first kappa shape index (κ1) is 10.1. The molecule has 1 aromatic rings. The van der Waals surface area contributed by atoms with Gasteiger partial charge in [-0.25, -0.2) is 0 Å². The summed E-state index contributed by atoms with van der Waals surface area (Å²) in [5.74, 6) is 0.0834. The van der Waals surface area contributed by atoms with Gasteiger partial charge in [-0.15, -0.1) is 0 Å². The van der Waals surface area contributed by atoms with Crippen LogP contribution in [0.25, 0.3) is 0 Å². The van der Waals surface area contributed by atoms with Crippen molar-refractivity contribution in [3.8, 4) is 11.8 Å². The summed E-state index contributed by atoms with van der Waals surface area (Å²) < 4.78 is 4.96. The molecule has 0 heterocycles. The predicted octanol–water partition coefficient (Wildman–Crippen LogP) is 1.35. The maximum atomic E-state index is 11.2. The molecular formula is C10H10N2O2. The molecule has 0 saturated heterocycles. The van der Waals surface area contributed by atoms with Crippen LogP contribution in [0.3, 0.4) is 0 Å². The maximum Gasteiger partial charge on any atom is 0.161 e. The summed E-state index contributed by atoms with van der Waals surface area (Å²) in [4.78, 5) is 11.2. The highest BCUT2D eigenvalue weighted by Crippen LogP contribution is 2.28. The minimum atomic E-state index is -0.181. The average Bonchev–Trinajstić information content (AvgIpc) is 2.16. The number of carbonyl (C=O) groups excluding carboxylic acids is 1. The van der Waals surface area contributed by atoms with Crippen LogP contribution in [-0.2, 0) is 0 Å². The fraction of sp³-hybridized carbons (Fsp3) is 0.200. The van der Waals surface area contributed by atoms with E-state index in [1.807, 2.05) is 6.07 Å². The molecule has 0 saturated carbocycles. The van der Waals surface area contributed by atoms with Crippen LogP contribution in [-0.4, -0.2) is 12.9 Å². The Morgan fingerprint density at radius 3 is 2.64 bits per heavy atom. The number of anilines is 1. The Morgan fingerprint density at radius 1 is 1.57 bits per heavy atom. The number of hydrogen-bond donors (Lipinski definition) is 1. The van der Waals surface area contributed by atoms with E-state index in [9.17, 15) is 4.79 Å². The largest absolute Gasteiger partial charge is 0.493 e. The van der Waals surface area contributed by atoms with Crippen molar-refractivity contribution in [1.29, 1.82) is 5.26 Å². The number of methoxy groups -OCH3 is 1. The summed E-state index contributed by atoms with van der Waals surface area (Å²) in [7, 11) is 1.41. The minimum Gasteiger partial charge on any atom is -0.493 e. The fourth-order valence-electron chi connectivity index (χ4n) is 1.22. The summed E-state index contributed by atoms with van der Waals surface area (Å²) >= 11 is 0. The summed E-state index contributed by atoms with van der Waals surface area (Å²) in [6.45, 7) is 1.39. The van der Waals surface area contributed by atoms with Crippen LogP contribution < -0.4 is 10.5 Å². The van der Waals surface area contributed by atoms with E-state index in [2.05, 4.69) is 0 Å². The second kappa shape index (κ2) is 3.79. The summed E-state index contributed by atoms with van der Waals surface area (Å²) in [5, 5.41) is 8.87. The van der Waals surface area contributed by atoms with E-state index in [1.165, 1.54) is 20.1 Å². The molecule has 14 heavy (non-hydrogen) atoms. The summed E-state index contributed by atoms with van der Waals surface area (Å²) in [6.07, 6.45) is 0. The maximum absolute atomic E-state index is 11.2. The Morgan fingerprint density at radius 2 is 2.21 bits per heavy atom. The number of Topliss-reactive ketones (excluding diaryl/α,β-unsaturated/α-hetero) is 1. The Hall–Kier alpha value is -2.02. The first-order valence-electron chi connectivity index (χ1n) is 3.99. The molecule has 0 bridgehead atoms. The molecule has 4 heteroatoms. The van der Waals surface area contributed by atoms with Gasteiger partial charge in [0.15, 0.2) is 11.5 Å². The molecule has 0 unspecified atom stereocenters. The SMILES string of the molecule is COc1c(N)ccc(C(C)=O)c1C#N. The molecule has 1 aromatic carbocycles. The van der Waals surface area contributed by atoms with E-state index in [-0.39, 0.29) is 17.1 Å². The van der Waals surface area contributed by atoms with Crippen molar-refractivity contribution in [3.05, 3.63) is 23.3 Å². The van der Waals surface area contributed by atoms with E-state index in [0.717, 1.165) is 0 Å². The Bertz CT molecular complexity index is 419. The number of nitrogens with two attached hydrogens (primary N) is 1. The normalized spacial score (nSPS) is 9.21. The Kier molecular flexibility index (Phi) is 2.73. The summed E-state index contributed by atoms with van der Waals surface area (Å²) in [6, 6.07) is 4.99. The highest BCUT2D eigenvalue weighted by molar-refractivity contribution is 5.98. The highest BCUT2D eigenvalue weighted by atomic mass is 16.5. The lowest BCUT2D eigenvalue weighted by Crippen LogP contribution is -2.02.